The molecule has 1 saturated heterocycles. The second-order valence-corrected chi connectivity index (χ2v) is 5.02. The van der Waals surface area contributed by atoms with Gasteiger partial charge in [-0.1, -0.05) is 6.92 Å². The van der Waals surface area contributed by atoms with Crippen LogP contribution in [0.4, 0.5) is 10.1 Å². The van der Waals surface area contributed by atoms with Gasteiger partial charge in [0.15, 0.2) is 0 Å². The lowest BCUT2D eigenvalue weighted by molar-refractivity contribution is -0.385. The van der Waals surface area contributed by atoms with Gasteiger partial charge in [0.1, 0.15) is 11.4 Å². The molecule has 8 heteroatoms. The van der Waals surface area contributed by atoms with Crippen LogP contribution in [0.15, 0.2) is 18.2 Å². The lowest BCUT2D eigenvalue weighted by atomic mass is 9.86. The maximum absolute atomic E-state index is 13.0. The Hall–Kier alpha value is -2.51. The van der Waals surface area contributed by atoms with Gasteiger partial charge in [0.2, 0.25) is 0 Å². The first kappa shape index (κ1) is 14.9. The second-order valence-electron chi connectivity index (χ2n) is 5.02. The summed E-state index contributed by atoms with van der Waals surface area (Å²) >= 11 is 0. The van der Waals surface area contributed by atoms with Crippen LogP contribution in [0.2, 0.25) is 0 Å². The molecule has 0 radical (unpaired) electrons. The smallest absolute Gasteiger partial charge is 0.306 e. The minimum Gasteiger partial charge on any atom is -0.481 e. The molecule has 1 aromatic carbocycles. The van der Waals surface area contributed by atoms with Gasteiger partial charge in [-0.25, -0.2) is 4.39 Å². The van der Waals surface area contributed by atoms with Crippen molar-refractivity contribution in [1.29, 1.82) is 0 Å². The molecule has 0 aromatic heterocycles. The number of carbonyl (C=O) groups is 2. The van der Waals surface area contributed by atoms with E-state index in [4.69, 9.17) is 5.11 Å². The van der Waals surface area contributed by atoms with Gasteiger partial charge in [-0.15, -0.1) is 0 Å². The molecular weight excluding hydrogens is 283 g/mol. The van der Waals surface area contributed by atoms with E-state index in [0.29, 0.717) is 6.07 Å². The predicted molar refractivity (Wildman–Crippen MR) is 69.2 cm³/mol. The molecule has 1 amide bonds. The molecule has 1 heterocycles. The summed E-state index contributed by atoms with van der Waals surface area (Å²) < 4.78 is 13.0. The quantitative estimate of drug-likeness (QED) is 0.670. The number of amides is 1. The van der Waals surface area contributed by atoms with Crippen molar-refractivity contribution in [3.8, 4) is 0 Å². The zero-order chi connectivity index (χ0) is 15.7. The van der Waals surface area contributed by atoms with Crippen molar-refractivity contribution in [3.05, 3.63) is 39.7 Å². The van der Waals surface area contributed by atoms with Gasteiger partial charge in [-0.2, -0.15) is 0 Å². The minimum absolute atomic E-state index is 0.175. The highest BCUT2D eigenvalue weighted by Crippen LogP contribution is 2.28. The molecule has 0 saturated carbocycles. The Bertz CT molecular complexity index is 613. The molecule has 21 heavy (non-hydrogen) atoms. The fourth-order valence-corrected chi connectivity index (χ4v) is 2.20. The van der Waals surface area contributed by atoms with E-state index >= 15 is 0 Å². The number of benzene rings is 1. The van der Waals surface area contributed by atoms with E-state index in [1.807, 2.05) is 0 Å². The fourth-order valence-electron chi connectivity index (χ4n) is 2.20. The largest absolute Gasteiger partial charge is 0.481 e. The Balaban J connectivity index is 2.13. The third-order valence-corrected chi connectivity index (χ3v) is 3.68. The summed E-state index contributed by atoms with van der Waals surface area (Å²) in [6.07, 6.45) is 0. The van der Waals surface area contributed by atoms with Gasteiger partial charge < -0.3 is 10.0 Å². The highest BCUT2D eigenvalue weighted by atomic mass is 19.1. The molecule has 1 aromatic rings. The van der Waals surface area contributed by atoms with Gasteiger partial charge >= 0.3 is 5.97 Å². The molecule has 1 unspecified atom stereocenters. The van der Waals surface area contributed by atoms with Crippen molar-refractivity contribution in [2.75, 3.05) is 13.1 Å². The Kier molecular flexibility index (Phi) is 3.88. The number of likely N-dealkylation sites (tertiary alicyclic amines) is 1. The van der Waals surface area contributed by atoms with E-state index in [1.54, 1.807) is 6.92 Å². The van der Waals surface area contributed by atoms with Crippen LogP contribution in [0.5, 0.6) is 0 Å². The van der Waals surface area contributed by atoms with E-state index in [-0.39, 0.29) is 24.6 Å². The molecule has 0 spiro atoms. The van der Waals surface area contributed by atoms with E-state index in [0.717, 1.165) is 12.1 Å². The molecule has 0 bridgehead atoms. The van der Waals surface area contributed by atoms with Crippen molar-refractivity contribution in [2.45, 2.75) is 6.92 Å². The number of nitro benzene ring substituents is 1. The summed E-state index contributed by atoms with van der Waals surface area (Å²) in [7, 11) is 0. The molecule has 112 valence electrons. The number of carboxylic acids is 1. The Morgan fingerprint density at radius 2 is 2.10 bits per heavy atom. The SMILES string of the molecule is CC(C(=O)O)C1CN(C(=O)c2ccc(F)cc2[N+](=O)[O-])C1. The zero-order valence-corrected chi connectivity index (χ0v) is 11.2. The van der Waals surface area contributed by atoms with Crippen LogP contribution < -0.4 is 0 Å². The fraction of sp³-hybridized carbons (Fsp3) is 0.385. The second kappa shape index (κ2) is 5.47. The minimum atomic E-state index is -0.945. The molecule has 1 N–H and O–H groups in total. The number of carbonyl (C=O) groups excluding carboxylic acids is 1. The normalized spacial score (nSPS) is 16.2. The number of hydrogen-bond donors (Lipinski definition) is 1. The van der Waals surface area contributed by atoms with Crippen molar-refractivity contribution in [3.63, 3.8) is 0 Å². The van der Waals surface area contributed by atoms with Crippen LogP contribution in [0.25, 0.3) is 0 Å². The van der Waals surface area contributed by atoms with Gasteiger partial charge in [0.05, 0.1) is 16.9 Å². The molecular formula is C13H13FN2O5. The van der Waals surface area contributed by atoms with Gasteiger partial charge in [0.25, 0.3) is 11.6 Å². The predicted octanol–water partition coefficient (Wildman–Crippen LogP) is 1.53. The van der Waals surface area contributed by atoms with Crippen LogP contribution >= 0.6 is 0 Å². The molecule has 0 aliphatic carbocycles. The molecule has 1 fully saturated rings. The summed E-state index contributed by atoms with van der Waals surface area (Å²) in [4.78, 5) is 34.4. The van der Waals surface area contributed by atoms with Crippen molar-refractivity contribution < 1.29 is 24.0 Å². The summed E-state index contributed by atoms with van der Waals surface area (Å²) in [5.74, 6) is -3.09. The number of nitrogens with zero attached hydrogens (tertiary/aromatic N) is 2. The number of hydrogen-bond acceptors (Lipinski definition) is 4. The summed E-state index contributed by atoms with van der Waals surface area (Å²) in [6.45, 7) is 2.00. The Labute approximate surface area is 119 Å². The van der Waals surface area contributed by atoms with Gasteiger partial charge in [0, 0.05) is 19.0 Å². The highest BCUT2D eigenvalue weighted by molar-refractivity contribution is 5.98. The highest BCUT2D eigenvalue weighted by Gasteiger charge is 2.39. The zero-order valence-electron chi connectivity index (χ0n) is 11.2. The maximum Gasteiger partial charge on any atom is 0.306 e. The standard InChI is InChI=1S/C13H13FN2O5/c1-7(13(18)19)8-5-15(6-8)12(17)10-3-2-9(14)4-11(10)16(20)21/h2-4,7-8H,5-6H2,1H3,(H,18,19). The molecule has 1 atom stereocenters. The van der Waals surface area contributed by atoms with Crippen LogP contribution in [0, 0.1) is 27.8 Å². The average molecular weight is 296 g/mol. The Morgan fingerprint density at radius 3 is 2.62 bits per heavy atom. The maximum atomic E-state index is 13.0. The third kappa shape index (κ3) is 2.83. The number of halogens is 1. The number of aliphatic carboxylic acids is 1. The number of nitro groups is 1. The molecule has 2 rings (SSSR count). The van der Waals surface area contributed by atoms with Crippen LogP contribution in [-0.4, -0.2) is 39.9 Å². The third-order valence-electron chi connectivity index (χ3n) is 3.68. The van der Waals surface area contributed by atoms with E-state index in [2.05, 4.69) is 0 Å². The first-order valence-corrected chi connectivity index (χ1v) is 6.27. The van der Waals surface area contributed by atoms with Gasteiger partial charge in [-0.05, 0) is 12.1 Å². The lowest BCUT2D eigenvalue weighted by Crippen LogP contribution is -2.53. The van der Waals surface area contributed by atoms with Crippen molar-refractivity contribution >= 4 is 17.6 Å². The average Bonchev–Trinajstić information content (AvgIpc) is 2.36. The van der Waals surface area contributed by atoms with Gasteiger partial charge in [-0.3, -0.25) is 19.7 Å². The topological polar surface area (TPSA) is 101 Å². The number of rotatable bonds is 4. The molecule has 7 nitrogen and oxygen atoms in total. The summed E-state index contributed by atoms with van der Waals surface area (Å²) in [5.41, 5.74) is -0.780. The first-order chi connectivity index (χ1) is 9.81. The van der Waals surface area contributed by atoms with Crippen LogP contribution in [-0.2, 0) is 4.79 Å². The first-order valence-electron chi connectivity index (χ1n) is 6.27. The summed E-state index contributed by atoms with van der Waals surface area (Å²) in [6, 6.07) is 2.76. The molecule has 1 aliphatic heterocycles. The van der Waals surface area contributed by atoms with Crippen molar-refractivity contribution in [2.24, 2.45) is 11.8 Å². The van der Waals surface area contributed by atoms with Crippen LogP contribution in [0.1, 0.15) is 17.3 Å². The van der Waals surface area contributed by atoms with E-state index in [1.165, 1.54) is 4.90 Å². The monoisotopic (exact) mass is 296 g/mol. The van der Waals surface area contributed by atoms with E-state index in [9.17, 15) is 24.1 Å². The van der Waals surface area contributed by atoms with Crippen molar-refractivity contribution in [1.82, 2.24) is 4.90 Å². The van der Waals surface area contributed by atoms with E-state index < -0.39 is 34.2 Å². The molecule has 1 aliphatic rings. The Morgan fingerprint density at radius 1 is 1.48 bits per heavy atom. The summed E-state index contributed by atoms with van der Waals surface area (Å²) in [5, 5.41) is 19.7. The lowest BCUT2D eigenvalue weighted by Gasteiger charge is -2.41. The van der Waals surface area contributed by atoms with Crippen LogP contribution in [0.3, 0.4) is 0 Å². The number of carboxylic acid groups (broad SMARTS) is 1.